The molecule has 0 aliphatic heterocycles. The molecule has 2 aromatic rings. The maximum absolute atomic E-state index is 12.6. The third-order valence-electron chi connectivity index (χ3n) is 4.30. The van der Waals surface area contributed by atoms with E-state index >= 15 is 0 Å². The summed E-state index contributed by atoms with van der Waals surface area (Å²) in [4.78, 5) is 14.7. The molecule has 0 radical (unpaired) electrons. The number of esters is 1. The van der Waals surface area contributed by atoms with Crippen molar-refractivity contribution in [2.75, 3.05) is 19.3 Å². The lowest BCUT2D eigenvalue weighted by atomic mass is 10.0. The third-order valence-corrected chi connectivity index (χ3v) is 4.30. The second kappa shape index (κ2) is 12.6. The van der Waals surface area contributed by atoms with Crippen molar-refractivity contribution in [1.29, 1.82) is 0 Å². The van der Waals surface area contributed by atoms with Gasteiger partial charge in [-0.3, -0.25) is 9.69 Å². The first-order valence-electron chi connectivity index (χ1n) is 8.72. The molecular formula is C21H30Cl2N2O2. The van der Waals surface area contributed by atoms with Crippen molar-refractivity contribution in [2.45, 2.75) is 32.9 Å². The number of anilines is 1. The highest BCUT2D eigenvalue weighted by Gasteiger charge is 2.27. The number of carbonyl (C=O) groups is 1. The van der Waals surface area contributed by atoms with Crippen LogP contribution in [-0.4, -0.2) is 30.5 Å². The van der Waals surface area contributed by atoms with Crippen LogP contribution in [0.3, 0.4) is 0 Å². The van der Waals surface area contributed by atoms with Crippen LogP contribution < -0.4 is 5.73 Å². The monoisotopic (exact) mass is 412 g/mol. The Bertz CT molecular complexity index is 664. The Labute approximate surface area is 174 Å². The molecule has 2 aromatic carbocycles. The molecule has 4 nitrogen and oxygen atoms in total. The van der Waals surface area contributed by atoms with Crippen LogP contribution in [-0.2, 0) is 22.6 Å². The molecule has 0 bridgehead atoms. The molecule has 0 fully saturated rings. The summed E-state index contributed by atoms with van der Waals surface area (Å²) in [5.41, 5.74) is 8.70. The number of benzene rings is 2. The molecule has 6 heteroatoms. The average molecular weight is 413 g/mol. The van der Waals surface area contributed by atoms with E-state index in [4.69, 9.17) is 10.5 Å². The van der Waals surface area contributed by atoms with Crippen molar-refractivity contribution in [3.63, 3.8) is 0 Å². The minimum atomic E-state index is -0.252. The summed E-state index contributed by atoms with van der Waals surface area (Å²) in [6, 6.07) is 17.4. The predicted molar refractivity (Wildman–Crippen MR) is 117 cm³/mol. The van der Waals surface area contributed by atoms with Crippen LogP contribution in [0.15, 0.2) is 54.6 Å². The molecule has 0 aliphatic carbocycles. The Kier molecular flexibility index (Phi) is 11.8. The van der Waals surface area contributed by atoms with Crippen molar-refractivity contribution >= 4 is 36.5 Å². The van der Waals surface area contributed by atoms with Crippen LogP contribution in [0.5, 0.6) is 0 Å². The number of hydrogen-bond acceptors (Lipinski definition) is 4. The van der Waals surface area contributed by atoms with Crippen molar-refractivity contribution in [1.82, 2.24) is 4.90 Å². The Balaban J connectivity index is 0.00000338. The van der Waals surface area contributed by atoms with Crippen molar-refractivity contribution in [2.24, 2.45) is 5.92 Å². The summed E-state index contributed by atoms with van der Waals surface area (Å²) in [6.07, 6.45) is 0.867. The van der Waals surface area contributed by atoms with Crippen molar-refractivity contribution in [3.05, 3.63) is 65.7 Å². The van der Waals surface area contributed by atoms with Gasteiger partial charge in [-0.2, -0.15) is 0 Å². The molecule has 0 spiro atoms. The van der Waals surface area contributed by atoms with Gasteiger partial charge in [-0.25, -0.2) is 0 Å². The summed E-state index contributed by atoms with van der Waals surface area (Å²) < 4.78 is 5.54. The fourth-order valence-corrected chi connectivity index (χ4v) is 2.90. The van der Waals surface area contributed by atoms with Gasteiger partial charge in [0.2, 0.25) is 0 Å². The SMILES string of the molecule is CC(C)C(C(=O)OCc1ccccc1)N(C)CCc1ccc(N)cc1.Cl.Cl. The first kappa shape index (κ1) is 25.2. The molecule has 1 atom stereocenters. The maximum Gasteiger partial charge on any atom is 0.323 e. The van der Waals surface area contributed by atoms with Crippen LogP contribution in [0.4, 0.5) is 5.69 Å². The molecule has 0 saturated carbocycles. The molecule has 0 amide bonds. The lowest BCUT2D eigenvalue weighted by Gasteiger charge is -2.29. The van der Waals surface area contributed by atoms with E-state index in [0.29, 0.717) is 6.61 Å². The van der Waals surface area contributed by atoms with Gasteiger partial charge >= 0.3 is 5.97 Å². The van der Waals surface area contributed by atoms with Gasteiger partial charge in [0.05, 0.1) is 0 Å². The molecular weight excluding hydrogens is 383 g/mol. The summed E-state index contributed by atoms with van der Waals surface area (Å²) in [6.45, 7) is 5.20. The van der Waals surface area contributed by atoms with Gasteiger partial charge in [-0.05, 0) is 42.6 Å². The number of halogens is 2. The number of rotatable bonds is 8. The van der Waals surface area contributed by atoms with E-state index in [1.54, 1.807) is 0 Å². The maximum atomic E-state index is 12.6. The quantitative estimate of drug-likeness (QED) is 0.516. The van der Waals surface area contributed by atoms with E-state index in [1.165, 1.54) is 5.56 Å². The van der Waals surface area contributed by atoms with E-state index in [-0.39, 0.29) is 42.7 Å². The van der Waals surface area contributed by atoms with E-state index in [9.17, 15) is 4.79 Å². The Morgan fingerprint density at radius 1 is 1.00 bits per heavy atom. The van der Waals surface area contributed by atoms with Gasteiger partial charge in [0.15, 0.2) is 0 Å². The van der Waals surface area contributed by atoms with Crippen LogP contribution in [0.1, 0.15) is 25.0 Å². The molecule has 2 N–H and O–H groups in total. The molecule has 27 heavy (non-hydrogen) atoms. The fourth-order valence-electron chi connectivity index (χ4n) is 2.90. The van der Waals surface area contributed by atoms with Gasteiger partial charge in [-0.15, -0.1) is 24.8 Å². The average Bonchev–Trinajstić information content (AvgIpc) is 2.60. The summed E-state index contributed by atoms with van der Waals surface area (Å²) in [7, 11) is 1.98. The smallest absolute Gasteiger partial charge is 0.323 e. The highest BCUT2D eigenvalue weighted by Crippen LogP contribution is 2.14. The first-order chi connectivity index (χ1) is 12.0. The number of hydrogen-bond donors (Lipinski definition) is 1. The normalized spacial score (nSPS) is 11.4. The Morgan fingerprint density at radius 3 is 2.15 bits per heavy atom. The standard InChI is InChI=1S/C21H28N2O2.2ClH/c1-16(2)20(21(24)25-15-18-7-5-4-6-8-18)23(3)14-13-17-9-11-19(22)12-10-17;;/h4-12,16,20H,13-15,22H2,1-3H3;2*1H. The van der Waals surface area contributed by atoms with Crippen LogP contribution in [0, 0.1) is 5.92 Å². The van der Waals surface area contributed by atoms with Crippen LogP contribution >= 0.6 is 24.8 Å². The number of nitrogen functional groups attached to an aromatic ring is 1. The largest absolute Gasteiger partial charge is 0.460 e. The Hall–Kier alpha value is -1.75. The van der Waals surface area contributed by atoms with Crippen molar-refractivity contribution in [3.8, 4) is 0 Å². The van der Waals surface area contributed by atoms with Gasteiger partial charge in [0.1, 0.15) is 12.6 Å². The third kappa shape index (κ3) is 8.21. The lowest BCUT2D eigenvalue weighted by molar-refractivity contribution is -0.152. The summed E-state index contributed by atoms with van der Waals surface area (Å²) in [5, 5.41) is 0. The van der Waals surface area contributed by atoms with Crippen molar-refractivity contribution < 1.29 is 9.53 Å². The molecule has 150 valence electrons. The number of nitrogens with zero attached hydrogens (tertiary/aromatic N) is 1. The van der Waals surface area contributed by atoms with E-state index in [0.717, 1.165) is 24.2 Å². The minimum Gasteiger partial charge on any atom is -0.460 e. The van der Waals surface area contributed by atoms with Gasteiger partial charge < -0.3 is 10.5 Å². The van der Waals surface area contributed by atoms with Crippen LogP contribution in [0.25, 0.3) is 0 Å². The highest BCUT2D eigenvalue weighted by atomic mass is 35.5. The fraction of sp³-hybridized carbons (Fsp3) is 0.381. The zero-order valence-electron chi connectivity index (χ0n) is 16.1. The first-order valence-corrected chi connectivity index (χ1v) is 8.72. The molecule has 2 rings (SSSR count). The van der Waals surface area contributed by atoms with E-state index in [2.05, 4.69) is 4.90 Å². The molecule has 0 heterocycles. The van der Waals surface area contributed by atoms with Gasteiger partial charge in [0, 0.05) is 12.2 Å². The van der Waals surface area contributed by atoms with Gasteiger partial charge in [-0.1, -0.05) is 56.3 Å². The summed E-state index contributed by atoms with van der Waals surface area (Å²) >= 11 is 0. The highest BCUT2D eigenvalue weighted by molar-refractivity contribution is 5.85. The zero-order chi connectivity index (χ0) is 18.2. The topological polar surface area (TPSA) is 55.6 Å². The number of carbonyl (C=O) groups excluding carboxylic acids is 1. The Morgan fingerprint density at radius 2 is 1.59 bits per heavy atom. The van der Waals surface area contributed by atoms with E-state index < -0.39 is 0 Å². The second-order valence-corrected chi connectivity index (χ2v) is 6.75. The zero-order valence-corrected chi connectivity index (χ0v) is 17.8. The number of ether oxygens (including phenoxy) is 1. The molecule has 0 saturated heterocycles. The molecule has 1 unspecified atom stereocenters. The minimum absolute atomic E-state index is 0. The lowest BCUT2D eigenvalue weighted by Crippen LogP contribution is -2.44. The van der Waals surface area contributed by atoms with E-state index in [1.807, 2.05) is 75.5 Å². The predicted octanol–water partition coefficient (Wildman–Crippen LogP) is 4.35. The van der Waals surface area contributed by atoms with Gasteiger partial charge in [0.25, 0.3) is 0 Å². The van der Waals surface area contributed by atoms with Crippen LogP contribution in [0.2, 0.25) is 0 Å². The molecule has 0 aromatic heterocycles. The molecule has 0 aliphatic rings. The number of likely N-dealkylation sites (N-methyl/N-ethyl adjacent to an activating group) is 1. The number of nitrogens with two attached hydrogens (primary N) is 1. The summed E-state index contributed by atoms with van der Waals surface area (Å²) in [5.74, 6) is 0.0124. The second-order valence-electron chi connectivity index (χ2n) is 6.75.